The quantitative estimate of drug-likeness (QED) is 0.742. The van der Waals surface area contributed by atoms with Crippen molar-refractivity contribution in [2.24, 2.45) is 5.14 Å². The molecule has 0 radical (unpaired) electrons. The molecule has 5 nitrogen and oxygen atoms in total. The highest BCUT2D eigenvalue weighted by Gasteiger charge is 2.09. The summed E-state index contributed by atoms with van der Waals surface area (Å²) >= 11 is 1.64. The Labute approximate surface area is 109 Å². The summed E-state index contributed by atoms with van der Waals surface area (Å²) in [7, 11) is -3.71. The Balaban J connectivity index is 2.15. The zero-order valence-corrected chi connectivity index (χ0v) is 11.1. The van der Waals surface area contributed by atoms with Crippen LogP contribution in [0.2, 0.25) is 0 Å². The summed E-state index contributed by atoms with van der Waals surface area (Å²) in [6.07, 6.45) is 0. The van der Waals surface area contributed by atoms with Crippen LogP contribution in [0.25, 0.3) is 0 Å². The number of hydrogen-bond donors (Lipinski definition) is 3. The van der Waals surface area contributed by atoms with Gasteiger partial charge in [-0.1, -0.05) is 6.07 Å². The number of primary sulfonamides is 1. The van der Waals surface area contributed by atoms with Crippen molar-refractivity contribution >= 4 is 32.7 Å². The molecule has 0 aliphatic carbocycles. The van der Waals surface area contributed by atoms with Gasteiger partial charge in [0, 0.05) is 11.4 Å². The highest BCUT2D eigenvalue weighted by Crippen LogP contribution is 2.23. The number of benzene rings is 1. The monoisotopic (exact) mass is 283 g/mol. The Morgan fingerprint density at radius 1 is 1.28 bits per heavy atom. The number of sulfonamides is 1. The number of nitrogens with two attached hydrogens (primary N) is 2. The molecule has 0 unspecified atom stereocenters. The number of thiophene rings is 1. The maximum atomic E-state index is 11.1. The summed E-state index contributed by atoms with van der Waals surface area (Å²) in [5.41, 5.74) is 6.83. The lowest BCUT2D eigenvalue weighted by Crippen LogP contribution is -2.13. The fourth-order valence-corrected chi connectivity index (χ4v) is 2.67. The first-order chi connectivity index (χ1) is 8.47. The summed E-state index contributed by atoms with van der Waals surface area (Å²) < 4.78 is 22.3. The first-order valence-corrected chi connectivity index (χ1v) is 7.58. The number of nitrogen functional groups attached to an aromatic ring is 1. The second-order valence-corrected chi connectivity index (χ2v) is 6.32. The molecule has 5 N–H and O–H groups in total. The average Bonchev–Trinajstić information content (AvgIpc) is 2.79. The summed E-state index contributed by atoms with van der Waals surface area (Å²) in [6, 6.07) is 8.37. The lowest BCUT2D eigenvalue weighted by Gasteiger charge is -2.09. The van der Waals surface area contributed by atoms with Crippen molar-refractivity contribution < 1.29 is 8.42 Å². The molecule has 2 rings (SSSR count). The molecule has 96 valence electrons. The van der Waals surface area contributed by atoms with Crippen LogP contribution in [0.4, 0.5) is 11.4 Å². The predicted molar refractivity (Wildman–Crippen MR) is 73.9 cm³/mol. The molecule has 0 saturated carbocycles. The van der Waals surface area contributed by atoms with Gasteiger partial charge in [-0.05, 0) is 29.6 Å². The molecule has 0 saturated heterocycles. The van der Waals surface area contributed by atoms with E-state index < -0.39 is 10.0 Å². The molecular weight excluding hydrogens is 270 g/mol. The van der Waals surface area contributed by atoms with E-state index in [1.165, 1.54) is 17.0 Å². The molecule has 18 heavy (non-hydrogen) atoms. The van der Waals surface area contributed by atoms with E-state index in [0.717, 1.165) is 0 Å². The van der Waals surface area contributed by atoms with Crippen LogP contribution in [-0.4, -0.2) is 8.42 Å². The summed E-state index contributed by atoms with van der Waals surface area (Å²) in [5, 5.41) is 10.2. The molecule has 1 heterocycles. The molecule has 0 amide bonds. The largest absolute Gasteiger partial charge is 0.397 e. The third-order valence-corrected chi connectivity index (χ3v) is 4.17. The van der Waals surface area contributed by atoms with Crippen LogP contribution in [0.15, 0.2) is 40.6 Å². The Kier molecular flexibility index (Phi) is 3.55. The summed E-state index contributed by atoms with van der Waals surface area (Å²) in [5.74, 6) is 0. The number of anilines is 2. The predicted octanol–water partition coefficient (Wildman–Crippen LogP) is 1.59. The first kappa shape index (κ1) is 12.9. The van der Waals surface area contributed by atoms with Gasteiger partial charge in [0.15, 0.2) is 0 Å². The van der Waals surface area contributed by atoms with E-state index in [-0.39, 0.29) is 4.90 Å². The van der Waals surface area contributed by atoms with Gasteiger partial charge in [0.1, 0.15) is 0 Å². The molecule has 0 aliphatic rings. The van der Waals surface area contributed by atoms with Crippen molar-refractivity contribution in [3.63, 3.8) is 0 Å². The fourth-order valence-electron chi connectivity index (χ4n) is 1.47. The van der Waals surface area contributed by atoms with Crippen LogP contribution in [0.5, 0.6) is 0 Å². The van der Waals surface area contributed by atoms with Crippen molar-refractivity contribution in [1.82, 2.24) is 0 Å². The number of rotatable bonds is 4. The second kappa shape index (κ2) is 4.97. The Hall–Kier alpha value is -1.57. The normalized spacial score (nSPS) is 11.4. The van der Waals surface area contributed by atoms with Crippen LogP contribution >= 0.6 is 11.3 Å². The van der Waals surface area contributed by atoms with Gasteiger partial charge in [-0.15, -0.1) is 11.3 Å². The number of hydrogen-bond acceptors (Lipinski definition) is 5. The van der Waals surface area contributed by atoms with Crippen LogP contribution in [0, 0.1) is 0 Å². The molecule has 7 heteroatoms. The highest BCUT2D eigenvalue weighted by molar-refractivity contribution is 7.89. The van der Waals surface area contributed by atoms with Gasteiger partial charge in [-0.3, -0.25) is 0 Å². The zero-order valence-electron chi connectivity index (χ0n) is 9.46. The van der Waals surface area contributed by atoms with Crippen molar-refractivity contribution in [3.8, 4) is 0 Å². The van der Waals surface area contributed by atoms with E-state index in [1.807, 2.05) is 17.5 Å². The van der Waals surface area contributed by atoms with Gasteiger partial charge in [0.2, 0.25) is 10.0 Å². The Morgan fingerprint density at radius 3 is 2.61 bits per heavy atom. The fraction of sp³-hybridized carbons (Fsp3) is 0.0909. The lowest BCUT2D eigenvalue weighted by atomic mass is 10.2. The van der Waals surface area contributed by atoms with Gasteiger partial charge >= 0.3 is 0 Å². The maximum Gasteiger partial charge on any atom is 0.238 e. The summed E-state index contributed by atoms with van der Waals surface area (Å²) in [4.78, 5) is 1.19. The van der Waals surface area contributed by atoms with Gasteiger partial charge in [-0.2, -0.15) is 0 Å². The van der Waals surface area contributed by atoms with Crippen molar-refractivity contribution in [1.29, 1.82) is 0 Å². The van der Waals surface area contributed by atoms with Gasteiger partial charge in [0.25, 0.3) is 0 Å². The zero-order chi connectivity index (χ0) is 13.2. The van der Waals surface area contributed by atoms with E-state index in [0.29, 0.717) is 17.9 Å². The smallest absolute Gasteiger partial charge is 0.238 e. The standard InChI is InChI=1S/C11H13N3O2S2/c12-10-6-9(18(13,15)16)3-4-11(10)14-7-8-2-1-5-17-8/h1-6,14H,7,12H2,(H2,13,15,16). The molecule has 1 aromatic heterocycles. The average molecular weight is 283 g/mol. The molecule has 0 bridgehead atoms. The van der Waals surface area contributed by atoms with Crippen molar-refractivity contribution in [2.75, 3.05) is 11.1 Å². The molecule has 0 aliphatic heterocycles. The molecule has 0 fully saturated rings. The Bertz CT molecular complexity index is 636. The third kappa shape index (κ3) is 3.00. The van der Waals surface area contributed by atoms with Crippen LogP contribution < -0.4 is 16.2 Å². The first-order valence-electron chi connectivity index (χ1n) is 5.15. The minimum atomic E-state index is -3.71. The maximum absolute atomic E-state index is 11.1. The van der Waals surface area contributed by atoms with E-state index >= 15 is 0 Å². The SMILES string of the molecule is Nc1cc(S(N)(=O)=O)ccc1NCc1cccs1. The van der Waals surface area contributed by atoms with Gasteiger partial charge in [-0.25, -0.2) is 13.6 Å². The van der Waals surface area contributed by atoms with Crippen LogP contribution in [-0.2, 0) is 16.6 Å². The minimum Gasteiger partial charge on any atom is -0.397 e. The Morgan fingerprint density at radius 2 is 2.06 bits per heavy atom. The van der Waals surface area contributed by atoms with Gasteiger partial charge < -0.3 is 11.1 Å². The molecule has 0 atom stereocenters. The summed E-state index contributed by atoms with van der Waals surface area (Å²) in [6.45, 7) is 0.649. The molecule has 2 aromatic rings. The highest BCUT2D eigenvalue weighted by atomic mass is 32.2. The van der Waals surface area contributed by atoms with Gasteiger partial charge in [0.05, 0.1) is 16.3 Å². The minimum absolute atomic E-state index is 0.0154. The van der Waals surface area contributed by atoms with Crippen molar-refractivity contribution in [2.45, 2.75) is 11.4 Å². The van der Waals surface area contributed by atoms with Crippen molar-refractivity contribution in [3.05, 3.63) is 40.6 Å². The van der Waals surface area contributed by atoms with Crippen LogP contribution in [0.3, 0.4) is 0 Å². The number of nitrogens with one attached hydrogen (secondary N) is 1. The van der Waals surface area contributed by atoms with E-state index in [9.17, 15) is 8.42 Å². The topological polar surface area (TPSA) is 98.2 Å². The molecule has 0 spiro atoms. The molecular formula is C11H13N3O2S2. The van der Waals surface area contributed by atoms with E-state index in [1.54, 1.807) is 17.4 Å². The molecule has 1 aromatic carbocycles. The second-order valence-electron chi connectivity index (χ2n) is 3.73. The van der Waals surface area contributed by atoms with E-state index in [2.05, 4.69) is 5.32 Å². The van der Waals surface area contributed by atoms with Crippen LogP contribution in [0.1, 0.15) is 4.88 Å². The lowest BCUT2D eigenvalue weighted by molar-refractivity contribution is 0.598. The third-order valence-electron chi connectivity index (χ3n) is 2.38. The van der Waals surface area contributed by atoms with E-state index in [4.69, 9.17) is 10.9 Å².